The number of aromatic nitrogens is 3. The molecule has 0 fully saturated rings. The molecular formula is C12H20N4O5. The summed E-state index contributed by atoms with van der Waals surface area (Å²) in [6.07, 6.45) is -0.640. The number of nitrogens with zero attached hydrogens (tertiary/aromatic N) is 3. The average Bonchev–Trinajstić information content (AvgIpc) is 2.74. The predicted octanol–water partition coefficient (Wildman–Crippen LogP) is 0.647. The van der Waals surface area contributed by atoms with Gasteiger partial charge in [-0.2, -0.15) is 0 Å². The lowest BCUT2D eigenvalue weighted by molar-refractivity contribution is 0.0519. The van der Waals surface area contributed by atoms with E-state index in [2.05, 4.69) is 15.6 Å². The summed E-state index contributed by atoms with van der Waals surface area (Å²) >= 11 is 0. The number of hydrogen-bond donors (Lipinski definition) is 2. The number of ether oxygens (including phenoxy) is 2. The number of carboxylic acids is 1. The van der Waals surface area contributed by atoms with Gasteiger partial charge in [0.05, 0.1) is 25.4 Å². The van der Waals surface area contributed by atoms with Gasteiger partial charge in [0.15, 0.2) is 5.69 Å². The summed E-state index contributed by atoms with van der Waals surface area (Å²) < 4.78 is 11.4. The molecule has 1 rings (SSSR count). The van der Waals surface area contributed by atoms with Crippen LogP contribution in [0.15, 0.2) is 0 Å². The fourth-order valence-electron chi connectivity index (χ4n) is 1.50. The molecule has 0 atom stereocenters. The van der Waals surface area contributed by atoms with Crippen molar-refractivity contribution in [2.24, 2.45) is 0 Å². The molecule has 0 radical (unpaired) electrons. The topological polar surface area (TPSA) is 116 Å². The first-order chi connectivity index (χ1) is 9.74. The zero-order chi connectivity index (χ0) is 16.0. The lowest BCUT2D eigenvalue weighted by Crippen LogP contribution is -2.33. The van der Waals surface area contributed by atoms with Gasteiger partial charge in [-0.25, -0.2) is 14.3 Å². The maximum atomic E-state index is 11.6. The van der Waals surface area contributed by atoms with Crippen LogP contribution in [0.5, 0.6) is 0 Å². The number of hydrogen-bond acceptors (Lipinski definition) is 6. The lowest BCUT2D eigenvalue weighted by atomic mass is 10.2. The van der Waals surface area contributed by atoms with Crippen LogP contribution < -0.4 is 5.32 Å². The molecule has 0 bridgehead atoms. The smallest absolute Gasteiger partial charge is 0.407 e. The number of aromatic carboxylic acids is 1. The molecule has 0 saturated carbocycles. The van der Waals surface area contributed by atoms with E-state index >= 15 is 0 Å². The van der Waals surface area contributed by atoms with Crippen molar-refractivity contribution in [2.45, 2.75) is 39.5 Å². The summed E-state index contributed by atoms with van der Waals surface area (Å²) in [7, 11) is 1.52. The van der Waals surface area contributed by atoms with Gasteiger partial charge in [0.2, 0.25) is 0 Å². The summed E-state index contributed by atoms with van der Waals surface area (Å²) in [6, 6.07) is 0. The predicted molar refractivity (Wildman–Crippen MR) is 71.9 cm³/mol. The molecule has 118 valence electrons. The maximum Gasteiger partial charge on any atom is 0.407 e. The summed E-state index contributed by atoms with van der Waals surface area (Å²) in [5, 5.41) is 18.9. The summed E-state index contributed by atoms with van der Waals surface area (Å²) in [4.78, 5) is 22.7. The molecule has 0 aliphatic carbocycles. The number of alkyl carbamates (subject to hydrolysis) is 1. The molecule has 0 spiro atoms. The average molecular weight is 300 g/mol. The fraction of sp³-hybridized carbons (Fsp3) is 0.667. The van der Waals surface area contributed by atoms with Crippen molar-refractivity contribution in [3.8, 4) is 0 Å². The maximum absolute atomic E-state index is 11.6. The van der Waals surface area contributed by atoms with Crippen LogP contribution in [0.25, 0.3) is 0 Å². The molecule has 0 aliphatic rings. The third kappa shape index (κ3) is 5.38. The Morgan fingerprint density at radius 1 is 1.38 bits per heavy atom. The van der Waals surface area contributed by atoms with E-state index in [1.165, 1.54) is 11.8 Å². The van der Waals surface area contributed by atoms with E-state index < -0.39 is 17.7 Å². The minimum atomic E-state index is -1.21. The molecule has 9 heteroatoms. The second-order valence-electron chi connectivity index (χ2n) is 5.26. The van der Waals surface area contributed by atoms with E-state index in [0.717, 1.165) is 0 Å². The SMILES string of the molecule is COCCn1nnc(C(=O)O)c1CNC(=O)OC(C)(C)C. The summed E-state index contributed by atoms with van der Waals surface area (Å²) in [5.74, 6) is -1.21. The largest absolute Gasteiger partial charge is 0.476 e. The zero-order valence-electron chi connectivity index (χ0n) is 12.5. The molecule has 1 heterocycles. The Bertz CT molecular complexity index is 506. The lowest BCUT2D eigenvalue weighted by Gasteiger charge is -2.19. The van der Waals surface area contributed by atoms with E-state index in [1.807, 2.05) is 0 Å². The van der Waals surface area contributed by atoms with Crippen molar-refractivity contribution in [3.63, 3.8) is 0 Å². The second-order valence-corrected chi connectivity index (χ2v) is 5.26. The second kappa shape index (κ2) is 7.02. The molecular weight excluding hydrogens is 280 g/mol. The van der Waals surface area contributed by atoms with Crippen LogP contribution in [-0.2, 0) is 22.6 Å². The van der Waals surface area contributed by atoms with Gasteiger partial charge < -0.3 is 19.9 Å². The monoisotopic (exact) mass is 300 g/mol. The van der Waals surface area contributed by atoms with Crippen LogP contribution in [-0.4, -0.2) is 51.5 Å². The first kappa shape index (κ1) is 16.9. The minimum Gasteiger partial charge on any atom is -0.476 e. The molecule has 0 aromatic carbocycles. The standard InChI is InChI=1S/C12H20N4O5/c1-12(2,3)21-11(19)13-7-8-9(10(17)18)14-15-16(8)5-6-20-4/h5-7H2,1-4H3,(H,13,19)(H,17,18). The Balaban J connectivity index is 2.77. The highest BCUT2D eigenvalue weighted by molar-refractivity contribution is 5.86. The summed E-state index contributed by atoms with van der Waals surface area (Å²) in [6.45, 7) is 5.84. The number of nitrogens with one attached hydrogen (secondary N) is 1. The van der Waals surface area contributed by atoms with Crippen LogP contribution in [0.1, 0.15) is 37.0 Å². The van der Waals surface area contributed by atoms with Gasteiger partial charge in [-0.15, -0.1) is 5.10 Å². The highest BCUT2D eigenvalue weighted by Crippen LogP contribution is 2.09. The first-order valence-corrected chi connectivity index (χ1v) is 6.36. The van der Waals surface area contributed by atoms with Gasteiger partial charge >= 0.3 is 12.1 Å². The number of carbonyl (C=O) groups excluding carboxylic acids is 1. The highest BCUT2D eigenvalue weighted by atomic mass is 16.6. The molecule has 9 nitrogen and oxygen atoms in total. The van der Waals surface area contributed by atoms with Crippen LogP contribution >= 0.6 is 0 Å². The number of rotatable bonds is 6. The Morgan fingerprint density at radius 3 is 2.57 bits per heavy atom. The highest BCUT2D eigenvalue weighted by Gasteiger charge is 2.21. The Hall–Kier alpha value is -2.16. The molecule has 2 N–H and O–H groups in total. The van der Waals surface area contributed by atoms with Crippen LogP contribution in [0, 0.1) is 0 Å². The van der Waals surface area contributed by atoms with Gasteiger partial charge in [0.25, 0.3) is 0 Å². The quantitative estimate of drug-likeness (QED) is 0.792. The number of carbonyl (C=O) groups is 2. The number of amides is 1. The van der Waals surface area contributed by atoms with Crippen molar-refractivity contribution in [3.05, 3.63) is 11.4 Å². The van der Waals surface area contributed by atoms with Crippen LogP contribution in [0.4, 0.5) is 4.79 Å². The van der Waals surface area contributed by atoms with Crippen LogP contribution in [0.2, 0.25) is 0 Å². The van der Waals surface area contributed by atoms with E-state index in [4.69, 9.17) is 14.6 Å². The Morgan fingerprint density at radius 2 is 2.05 bits per heavy atom. The molecule has 0 unspecified atom stereocenters. The third-order valence-electron chi connectivity index (χ3n) is 2.35. The molecule has 0 aliphatic heterocycles. The zero-order valence-corrected chi connectivity index (χ0v) is 12.5. The van der Waals surface area contributed by atoms with Crippen molar-refractivity contribution in [1.82, 2.24) is 20.3 Å². The first-order valence-electron chi connectivity index (χ1n) is 6.36. The summed E-state index contributed by atoms with van der Waals surface area (Å²) in [5.41, 5.74) is -0.554. The normalized spacial score (nSPS) is 11.2. The van der Waals surface area contributed by atoms with Crippen molar-refractivity contribution in [1.29, 1.82) is 0 Å². The van der Waals surface area contributed by atoms with Gasteiger partial charge in [-0.05, 0) is 20.8 Å². The van der Waals surface area contributed by atoms with E-state index in [0.29, 0.717) is 13.2 Å². The number of carboxylic acid groups (broad SMARTS) is 1. The van der Waals surface area contributed by atoms with E-state index in [-0.39, 0.29) is 17.9 Å². The number of methoxy groups -OCH3 is 1. The van der Waals surface area contributed by atoms with Crippen molar-refractivity contribution >= 4 is 12.1 Å². The Labute approximate surface area is 122 Å². The molecule has 21 heavy (non-hydrogen) atoms. The van der Waals surface area contributed by atoms with Gasteiger partial charge in [-0.1, -0.05) is 5.21 Å². The molecule has 0 saturated heterocycles. The minimum absolute atomic E-state index is 0.0484. The van der Waals surface area contributed by atoms with Crippen molar-refractivity contribution < 1.29 is 24.2 Å². The van der Waals surface area contributed by atoms with Crippen LogP contribution in [0.3, 0.4) is 0 Å². The fourth-order valence-corrected chi connectivity index (χ4v) is 1.50. The van der Waals surface area contributed by atoms with Gasteiger partial charge in [0.1, 0.15) is 5.60 Å². The Kier molecular flexibility index (Phi) is 5.65. The van der Waals surface area contributed by atoms with Gasteiger partial charge in [0, 0.05) is 7.11 Å². The van der Waals surface area contributed by atoms with E-state index in [1.54, 1.807) is 20.8 Å². The van der Waals surface area contributed by atoms with E-state index in [9.17, 15) is 9.59 Å². The molecule has 1 amide bonds. The molecule has 1 aromatic heterocycles. The van der Waals surface area contributed by atoms with Gasteiger partial charge in [-0.3, -0.25) is 0 Å². The molecule has 1 aromatic rings. The van der Waals surface area contributed by atoms with Crippen molar-refractivity contribution in [2.75, 3.05) is 13.7 Å². The third-order valence-corrected chi connectivity index (χ3v) is 2.35.